The van der Waals surface area contributed by atoms with Crippen LogP contribution in [0.4, 0.5) is 0 Å². The van der Waals surface area contributed by atoms with Crippen molar-refractivity contribution in [2.75, 3.05) is 12.8 Å². The summed E-state index contributed by atoms with van der Waals surface area (Å²) in [5, 5.41) is 12.2. The summed E-state index contributed by atoms with van der Waals surface area (Å²) in [5.74, 6) is -1.78. The van der Waals surface area contributed by atoms with E-state index in [0.29, 0.717) is 17.0 Å². The second-order valence-electron chi connectivity index (χ2n) is 3.71. The van der Waals surface area contributed by atoms with Crippen LogP contribution >= 0.6 is 0 Å². The Morgan fingerprint density at radius 2 is 2.06 bits per heavy atom. The molecule has 0 amide bonds. The summed E-state index contributed by atoms with van der Waals surface area (Å²) in [5.41, 5.74) is 1.25. The molecular weight excluding hydrogens is 248 g/mol. The highest BCUT2D eigenvalue weighted by molar-refractivity contribution is 7.89. The average Bonchev–Trinajstić information content (AvgIpc) is 2.47. The van der Waals surface area contributed by atoms with Crippen LogP contribution in [0.3, 0.4) is 0 Å². The number of carbonyl (C=O) groups is 1. The number of aryl methyl sites for hydroxylation is 2. The normalized spacial score (nSPS) is 12.0. The molecular formula is C9H14N2O5S. The van der Waals surface area contributed by atoms with Gasteiger partial charge >= 0.3 is 5.97 Å². The van der Waals surface area contributed by atoms with Crippen LogP contribution in [0.1, 0.15) is 17.0 Å². The number of hydrogen-bond acceptors (Lipinski definition) is 5. The van der Waals surface area contributed by atoms with Crippen molar-refractivity contribution in [2.24, 2.45) is 0 Å². The summed E-state index contributed by atoms with van der Waals surface area (Å²) in [7, 11) is -2.48. The molecule has 7 nitrogen and oxygen atoms in total. The van der Waals surface area contributed by atoms with Gasteiger partial charge in [0.1, 0.15) is 5.76 Å². The fourth-order valence-electron chi connectivity index (χ4n) is 1.31. The molecule has 0 aromatic carbocycles. The molecule has 96 valence electrons. The Hall–Kier alpha value is -1.41. The van der Waals surface area contributed by atoms with E-state index in [1.165, 1.54) is 7.05 Å². The van der Waals surface area contributed by atoms with Crippen molar-refractivity contribution < 1.29 is 22.8 Å². The van der Waals surface area contributed by atoms with Gasteiger partial charge in [-0.15, -0.1) is 0 Å². The SMILES string of the molecule is Cc1noc(C)c1CN(C)S(=O)(=O)CC(=O)O. The van der Waals surface area contributed by atoms with Gasteiger partial charge in [0, 0.05) is 19.2 Å². The number of aromatic nitrogens is 1. The largest absolute Gasteiger partial charge is 0.480 e. The molecule has 0 fully saturated rings. The predicted octanol–water partition coefficient (Wildman–Crippen LogP) is 0.138. The molecule has 0 saturated carbocycles. The standard InChI is InChI=1S/C9H14N2O5S/c1-6-8(7(2)16-10-6)4-11(3)17(14,15)5-9(12)13/h4-5H2,1-3H3,(H,12,13). The van der Waals surface area contributed by atoms with Gasteiger partial charge in [-0.25, -0.2) is 8.42 Å². The average molecular weight is 262 g/mol. The molecule has 0 aliphatic rings. The van der Waals surface area contributed by atoms with Gasteiger partial charge in [0.25, 0.3) is 0 Å². The van der Waals surface area contributed by atoms with E-state index in [0.717, 1.165) is 4.31 Å². The minimum absolute atomic E-state index is 0.0524. The van der Waals surface area contributed by atoms with E-state index in [1.54, 1.807) is 13.8 Å². The van der Waals surface area contributed by atoms with E-state index in [2.05, 4.69) is 5.16 Å². The zero-order valence-electron chi connectivity index (χ0n) is 9.80. The van der Waals surface area contributed by atoms with Crippen molar-refractivity contribution >= 4 is 16.0 Å². The summed E-state index contributed by atoms with van der Waals surface area (Å²) in [6, 6.07) is 0. The van der Waals surface area contributed by atoms with Gasteiger partial charge in [0.15, 0.2) is 5.75 Å². The lowest BCUT2D eigenvalue weighted by Gasteiger charge is -2.15. The zero-order valence-corrected chi connectivity index (χ0v) is 10.6. The Bertz CT molecular complexity index is 500. The number of carboxylic acids is 1. The molecule has 0 saturated heterocycles. The summed E-state index contributed by atoms with van der Waals surface area (Å²) in [6.07, 6.45) is 0. The highest BCUT2D eigenvalue weighted by Crippen LogP contribution is 2.15. The van der Waals surface area contributed by atoms with Crippen LogP contribution in [0.2, 0.25) is 0 Å². The lowest BCUT2D eigenvalue weighted by Crippen LogP contribution is -2.32. The number of sulfonamides is 1. The monoisotopic (exact) mass is 262 g/mol. The molecule has 0 aliphatic carbocycles. The zero-order chi connectivity index (χ0) is 13.2. The van der Waals surface area contributed by atoms with Gasteiger partial charge < -0.3 is 9.63 Å². The first kappa shape index (κ1) is 13.7. The molecule has 17 heavy (non-hydrogen) atoms. The first-order valence-corrected chi connectivity index (χ1v) is 6.42. The van der Waals surface area contributed by atoms with Crippen molar-refractivity contribution in [3.63, 3.8) is 0 Å². The van der Waals surface area contributed by atoms with Gasteiger partial charge in [-0.3, -0.25) is 4.79 Å². The van der Waals surface area contributed by atoms with Gasteiger partial charge in [-0.1, -0.05) is 5.16 Å². The van der Waals surface area contributed by atoms with Crippen LogP contribution in [0.15, 0.2) is 4.52 Å². The minimum Gasteiger partial charge on any atom is -0.480 e. The van der Waals surface area contributed by atoms with Crippen LogP contribution < -0.4 is 0 Å². The molecule has 0 bridgehead atoms. The molecule has 8 heteroatoms. The van der Waals surface area contributed by atoms with E-state index in [9.17, 15) is 13.2 Å². The van der Waals surface area contributed by atoms with Crippen molar-refractivity contribution in [2.45, 2.75) is 20.4 Å². The van der Waals surface area contributed by atoms with E-state index in [4.69, 9.17) is 9.63 Å². The number of rotatable bonds is 5. The van der Waals surface area contributed by atoms with Gasteiger partial charge in [0.05, 0.1) is 5.69 Å². The number of aliphatic carboxylic acids is 1. The maximum absolute atomic E-state index is 11.6. The molecule has 0 spiro atoms. The number of hydrogen-bond donors (Lipinski definition) is 1. The molecule has 0 aliphatic heterocycles. The molecule has 1 N–H and O–H groups in total. The molecule has 1 aromatic heterocycles. The predicted molar refractivity (Wildman–Crippen MR) is 58.9 cm³/mol. The Morgan fingerprint density at radius 3 is 2.47 bits per heavy atom. The summed E-state index contributed by atoms with van der Waals surface area (Å²) < 4.78 is 29.0. The molecule has 1 rings (SSSR count). The highest BCUT2D eigenvalue weighted by Gasteiger charge is 2.23. The molecule has 1 aromatic rings. The smallest absolute Gasteiger partial charge is 0.320 e. The first-order chi connectivity index (χ1) is 7.74. The minimum atomic E-state index is -3.80. The van der Waals surface area contributed by atoms with E-state index in [-0.39, 0.29) is 6.54 Å². The quantitative estimate of drug-likeness (QED) is 0.809. The first-order valence-electron chi connectivity index (χ1n) is 4.81. The van der Waals surface area contributed by atoms with Crippen molar-refractivity contribution in [3.8, 4) is 0 Å². The van der Waals surface area contributed by atoms with Crippen LogP contribution in [-0.4, -0.2) is 41.8 Å². The lowest BCUT2D eigenvalue weighted by atomic mass is 10.2. The third-order valence-corrected chi connectivity index (χ3v) is 4.03. The van der Waals surface area contributed by atoms with E-state index < -0.39 is 21.7 Å². The Morgan fingerprint density at radius 1 is 1.47 bits per heavy atom. The maximum Gasteiger partial charge on any atom is 0.320 e. The van der Waals surface area contributed by atoms with E-state index in [1.807, 2.05) is 0 Å². The molecule has 1 heterocycles. The fourth-order valence-corrected chi connectivity index (χ4v) is 2.17. The Balaban J connectivity index is 2.86. The lowest BCUT2D eigenvalue weighted by molar-refractivity contribution is -0.134. The fraction of sp³-hybridized carbons (Fsp3) is 0.556. The summed E-state index contributed by atoms with van der Waals surface area (Å²) in [4.78, 5) is 10.4. The topological polar surface area (TPSA) is 101 Å². The van der Waals surface area contributed by atoms with Crippen molar-refractivity contribution in [3.05, 3.63) is 17.0 Å². The summed E-state index contributed by atoms with van der Waals surface area (Å²) >= 11 is 0. The van der Waals surface area contributed by atoms with E-state index >= 15 is 0 Å². The van der Waals surface area contributed by atoms with Crippen LogP contribution in [0.5, 0.6) is 0 Å². The maximum atomic E-state index is 11.6. The van der Waals surface area contributed by atoms with Gasteiger partial charge in [-0.2, -0.15) is 4.31 Å². The third kappa shape index (κ3) is 3.27. The second-order valence-corrected chi connectivity index (χ2v) is 5.78. The van der Waals surface area contributed by atoms with Gasteiger partial charge in [0.2, 0.25) is 10.0 Å². The Labute approximate surface area is 99.1 Å². The van der Waals surface area contributed by atoms with Crippen molar-refractivity contribution in [1.29, 1.82) is 0 Å². The molecule has 0 radical (unpaired) electrons. The second kappa shape index (κ2) is 4.84. The number of nitrogens with zero attached hydrogens (tertiary/aromatic N) is 2. The Kier molecular flexibility index (Phi) is 3.89. The summed E-state index contributed by atoms with van der Waals surface area (Å²) in [6.45, 7) is 3.42. The van der Waals surface area contributed by atoms with Crippen molar-refractivity contribution in [1.82, 2.24) is 9.46 Å². The molecule has 0 atom stereocenters. The van der Waals surface area contributed by atoms with Gasteiger partial charge in [-0.05, 0) is 13.8 Å². The van der Waals surface area contributed by atoms with Crippen LogP contribution in [0, 0.1) is 13.8 Å². The third-order valence-electron chi connectivity index (χ3n) is 2.34. The number of carboxylic acid groups (broad SMARTS) is 1. The molecule has 0 unspecified atom stereocenters. The van der Waals surface area contributed by atoms with Crippen LogP contribution in [-0.2, 0) is 21.4 Å². The van der Waals surface area contributed by atoms with Crippen LogP contribution in [0.25, 0.3) is 0 Å². The highest BCUT2D eigenvalue weighted by atomic mass is 32.2.